The summed E-state index contributed by atoms with van der Waals surface area (Å²) in [6.07, 6.45) is 3.91. The van der Waals surface area contributed by atoms with Gasteiger partial charge in [0.25, 0.3) is 0 Å². The molecule has 2 rings (SSSR count). The van der Waals surface area contributed by atoms with Crippen LogP contribution in [0, 0.1) is 0 Å². The number of hydrogen-bond donors (Lipinski definition) is 2. The number of aromatic nitrogens is 2. The fourth-order valence-electron chi connectivity index (χ4n) is 1.79. The molecule has 6 nitrogen and oxygen atoms in total. The van der Waals surface area contributed by atoms with Crippen molar-refractivity contribution in [1.29, 1.82) is 0 Å². The van der Waals surface area contributed by atoms with Crippen molar-refractivity contribution >= 4 is 24.0 Å². The number of nitrogens with zero attached hydrogens (tertiary/aromatic N) is 2. The van der Waals surface area contributed by atoms with Crippen molar-refractivity contribution < 1.29 is 9.53 Å². The van der Waals surface area contributed by atoms with Gasteiger partial charge >= 0.3 is 0 Å². The van der Waals surface area contributed by atoms with Crippen LogP contribution < -0.4 is 10.6 Å². The Bertz CT molecular complexity index is 377. The molecule has 1 amide bonds. The van der Waals surface area contributed by atoms with E-state index in [1.54, 1.807) is 10.9 Å². The molecule has 0 aromatic carbocycles. The molecule has 1 aliphatic heterocycles. The number of carbonyl (C=O) groups excluding carboxylic acids is 1. The van der Waals surface area contributed by atoms with E-state index in [0.29, 0.717) is 13.0 Å². The van der Waals surface area contributed by atoms with E-state index in [2.05, 4.69) is 15.7 Å². The van der Waals surface area contributed by atoms with Crippen LogP contribution in [-0.2, 0) is 16.1 Å². The van der Waals surface area contributed by atoms with Crippen LogP contribution in [0.25, 0.3) is 0 Å². The molecule has 0 bridgehead atoms. The van der Waals surface area contributed by atoms with E-state index < -0.39 is 0 Å². The molecular weight excluding hydrogens is 256 g/mol. The summed E-state index contributed by atoms with van der Waals surface area (Å²) in [5.41, 5.74) is 0.744. The van der Waals surface area contributed by atoms with Gasteiger partial charge in [0.05, 0.1) is 25.1 Å². The van der Waals surface area contributed by atoms with Crippen LogP contribution in [0.5, 0.6) is 0 Å². The third kappa shape index (κ3) is 4.29. The molecule has 102 valence electrons. The summed E-state index contributed by atoms with van der Waals surface area (Å²) in [6.45, 7) is 4.94. The van der Waals surface area contributed by atoms with Gasteiger partial charge in [-0.3, -0.25) is 9.48 Å². The van der Waals surface area contributed by atoms with E-state index in [1.165, 1.54) is 0 Å². The highest BCUT2D eigenvalue weighted by atomic mass is 35.5. The third-order valence-electron chi connectivity index (χ3n) is 2.67. The SMILES string of the molecule is CCn1cc(NC(=O)CC2COCCN2)cn1.Cl. The number of rotatable bonds is 4. The minimum atomic E-state index is -0.0105. The van der Waals surface area contributed by atoms with E-state index in [9.17, 15) is 4.79 Å². The maximum Gasteiger partial charge on any atom is 0.226 e. The number of halogens is 1. The second-order valence-corrected chi connectivity index (χ2v) is 4.06. The summed E-state index contributed by atoms with van der Waals surface area (Å²) < 4.78 is 7.07. The highest BCUT2D eigenvalue weighted by molar-refractivity contribution is 5.90. The highest BCUT2D eigenvalue weighted by Gasteiger charge is 2.17. The number of hydrogen-bond acceptors (Lipinski definition) is 4. The van der Waals surface area contributed by atoms with Crippen LogP contribution in [0.1, 0.15) is 13.3 Å². The Hall–Kier alpha value is -1.11. The summed E-state index contributed by atoms with van der Waals surface area (Å²) in [7, 11) is 0. The largest absolute Gasteiger partial charge is 0.378 e. The fraction of sp³-hybridized carbons (Fsp3) is 0.636. The molecule has 1 aliphatic rings. The van der Waals surface area contributed by atoms with E-state index in [-0.39, 0.29) is 24.4 Å². The molecule has 1 saturated heterocycles. The van der Waals surface area contributed by atoms with Crippen LogP contribution in [-0.4, -0.2) is 41.5 Å². The molecule has 18 heavy (non-hydrogen) atoms. The summed E-state index contributed by atoms with van der Waals surface area (Å²) in [5, 5.41) is 10.2. The van der Waals surface area contributed by atoms with Crippen LogP contribution in [0.3, 0.4) is 0 Å². The lowest BCUT2D eigenvalue weighted by atomic mass is 10.2. The molecule has 1 unspecified atom stereocenters. The lowest BCUT2D eigenvalue weighted by Crippen LogP contribution is -2.43. The van der Waals surface area contributed by atoms with Gasteiger partial charge in [-0.1, -0.05) is 0 Å². The molecular formula is C11H19ClN4O2. The van der Waals surface area contributed by atoms with Gasteiger partial charge in [-0.05, 0) is 6.92 Å². The van der Waals surface area contributed by atoms with Gasteiger partial charge in [0.1, 0.15) is 0 Å². The third-order valence-corrected chi connectivity index (χ3v) is 2.67. The highest BCUT2D eigenvalue weighted by Crippen LogP contribution is 2.07. The average Bonchev–Trinajstić information content (AvgIpc) is 2.78. The summed E-state index contributed by atoms with van der Waals surface area (Å²) in [6, 6.07) is 0.116. The Labute approximate surface area is 112 Å². The molecule has 2 heterocycles. The number of ether oxygens (including phenoxy) is 1. The molecule has 0 spiro atoms. The molecule has 2 N–H and O–H groups in total. The summed E-state index contributed by atoms with van der Waals surface area (Å²) in [5.74, 6) is -0.0105. The molecule has 0 radical (unpaired) electrons. The quantitative estimate of drug-likeness (QED) is 0.846. The Balaban J connectivity index is 0.00000162. The zero-order valence-electron chi connectivity index (χ0n) is 10.4. The minimum Gasteiger partial charge on any atom is -0.378 e. The van der Waals surface area contributed by atoms with Gasteiger partial charge in [0.2, 0.25) is 5.91 Å². The zero-order chi connectivity index (χ0) is 12.1. The summed E-state index contributed by atoms with van der Waals surface area (Å²) >= 11 is 0. The summed E-state index contributed by atoms with van der Waals surface area (Å²) in [4.78, 5) is 11.7. The standard InChI is InChI=1S/C11H18N4O2.ClH/c1-2-15-7-10(6-13-15)14-11(16)5-9-8-17-4-3-12-9;/h6-7,9,12H,2-5,8H2,1H3,(H,14,16);1H. The zero-order valence-corrected chi connectivity index (χ0v) is 11.2. The van der Waals surface area contributed by atoms with Crippen molar-refractivity contribution in [2.45, 2.75) is 25.9 Å². The second-order valence-electron chi connectivity index (χ2n) is 4.06. The monoisotopic (exact) mass is 274 g/mol. The van der Waals surface area contributed by atoms with Crippen molar-refractivity contribution in [3.63, 3.8) is 0 Å². The van der Waals surface area contributed by atoms with Crippen molar-refractivity contribution in [2.24, 2.45) is 0 Å². The lowest BCUT2D eigenvalue weighted by Gasteiger charge is -2.23. The molecule has 1 fully saturated rings. The Kier molecular flexibility index (Phi) is 6.11. The Morgan fingerprint density at radius 3 is 3.17 bits per heavy atom. The van der Waals surface area contributed by atoms with Gasteiger partial charge < -0.3 is 15.4 Å². The molecule has 7 heteroatoms. The number of morpholine rings is 1. The molecule has 0 aliphatic carbocycles. The van der Waals surface area contributed by atoms with Crippen molar-refractivity contribution in [2.75, 3.05) is 25.1 Å². The smallest absolute Gasteiger partial charge is 0.226 e. The van der Waals surface area contributed by atoms with Gasteiger partial charge in [0, 0.05) is 31.7 Å². The first-order valence-electron chi connectivity index (χ1n) is 5.91. The van der Waals surface area contributed by atoms with Crippen molar-refractivity contribution in [3.05, 3.63) is 12.4 Å². The predicted molar refractivity (Wildman–Crippen MR) is 71.0 cm³/mol. The molecule has 1 atom stereocenters. The molecule has 1 aromatic heterocycles. The first-order valence-corrected chi connectivity index (χ1v) is 5.91. The Morgan fingerprint density at radius 1 is 1.72 bits per heavy atom. The minimum absolute atomic E-state index is 0. The van der Waals surface area contributed by atoms with Gasteiger partial charge in [-0.25, -0.2) is 0 Å². The van der Waals surface area contributed by atoms with Crippen molar-refractivity contribution in [1.82, 2.24) is 15.1 Å². The topological polar surface area (TPSA) is 68.2 Å². The average molecular weight is 275 g/mol. The van der Waals surface area contributed by atoms with Crippen LogP contribution in [0.4, 0.5) is 5.69 Å². The number of nitrogens with one attached hydrogen (secondary N) is 2. The maximum absolute atomic E-state index is 11.7. The number of aryl methyl sites for hydroxylation is 1. The number of carbonyl (C=O) groups is 1. The number of amides is 1. The second kappa shape index (κ2) is 7.35. The van der Waals surface area contributed by atoms with E-state index in [1.807, 2.05) is 13.1 Å². The maximum atomic E-state index is 11.7. The number of anilines is 1. The van der Waals surface area contributed by atoms with Crippen LogP contribution in [0.2, 0.25) is 0 Å². The first-order chi connectivity index (χ1) is 8.28. The van der Waals surface area contributed by atoms with Crippen molar-refractivity contribution in [3.8, 4) is 0 Å². The first kappa shape index (κ1) is 14.9. The van der Waals surface area contributed by atoms with Gasteiger partial charge in [-0.2, -0.15) is 5.10 Å². The Morgan fingerprint density at radius 2 is 2.56 bits per heavy atom. The normalized spacial score (nSPS) is 19.1. The van der Waals surface area contributed by atoms with Gasteiger partial charge in [-0.15, -0.1) is 12.4 Å². The fourth-order valence-corrected chi connectivity index (χ4v) is 1.79. The lowest BCUT2D eigenvalue weighted by molar-refractivity contribution is -0.117. The van der Waals surface area contributed by atoms with E-state index in [0.717, 1.165) is 25.4 Å². The van der Waals surface area contributed by atoms with Crippen LogP contribution in [0.15, 0.2) is 12.4 Å². The molecule has 0 saturated carbocycles. The van der Waals surface area contributed by atoms with Crippen LogP contribution >= 0.6 is 12.4 Å². The van der Waals surface area contributed by atoms with E-state index in [4.69, 9.17) is 4.74 Å². The predicted octanol–water partition coefficient (Wildman–Crippen LogP) is 0.642. The molecule has 1 aromatic rings. The van der Waals surface area contributed by atoms with E-state index >= 15 is 0 Å². The van der Waals surface area contributed by atoms with Gasteiger partial charge in [0.15, 0.2) is 0 Å².